The molecular formula is C26H26N4O2. The molecule has 0 bridgehead atoms. The number of imidazole rings is 1. The van der Waals surface area contributed by atoms with Gasteiger partial charge in [0.05, 0.1) is 17.5 Å². The molecule has 0 atom stereocenters. The Morgan fingerprint density at radius 1 is 0.969 bits per heavy atom. The summed E-state index contributed by atoms with van der Waals surface area (Å²) in [6.07, 6.45) is 0.312. The SMILES string of the molecule is Cc1nc2cc(C(=O)Nc3ccc(CC(=O)NC(C)C)cc3)ccc2n1-c1ccccc1. The first kappa shape index (κ1) is 21.3. The summed E-state index contributed by atoms with van der Waals surface area (Å²) in [5, 5.41) is 5.79. The molecule has 4 rings (SSSR count). The van der Waals surface area contributed by atoms with Crippen LogP contribution in [0.1, 0.15) is 35.6 Å². The second kappa shape index (κ2) is 9.06. The number of nitrogens with one attached hydrogen (secondary N) is 2. The lowest BCUT2D eigenvalue weighted by molar-refractivity contribution is -0.120. The predicted molar refractivity (Wildman–Crippen MR) is 127 cm³/mol. The number of hydrogen-bond acceptors (Lipinski definition) is 3. The Kier molecular flexibility index (Phi) is 6.03. The molecule has 0 aliphatic carbocycles. The van der Waals surface area contributed by atoms with E-state index >= 15 is 0 Å². The molecule has 0 saturated heterocycles. The van der Waals surface area contributed by atoms with Crippen LogP contribution in [0.3, 0.4) is 0 Å². The number of aromatic nitrogens is 2. The van der Waals surface area contributed by atoms with E-state index in [0.29, 0.717) is 17.7 Å². The van der Waals surface area contributed by atoms with Crippen molar-refractivity contribution >= 4 is 28.5 Å². The molecule has 2 N–H and O–H groups in total. The molecule has 1 heterocycles. The monoisotopic (exact) mass is 426 g/mol. The Hall–Kier alpha value is -3.93. The summed E-state index contributed by atoms with van der Waals surface area (Å²) in [6, 6.07) is 23.0. The summed E-state index contributed by atoms with van der Waals surface area (Å²) < 4.78 is 2.07. The summed E-state index contributed by atoms with van der Waals surface area (Å²) in [5.74, 6) is 0.639. The van der Waals surface area contributed by atoms with E-state index < -0.39 is 0 Å². The fraction of sp³-hybridized carbons (Fsp3) is 0.192. The van der Waals surface area contributed by atoms with Gasteiger partial charge in [0.15, 0.2) is 0 Å². The smallest absolute Gasteiger partial charge is 0.255 e. The highest BCUT2D eigenvalue weighted by atomic mass is 16.2. The van der Waals surface area contributed by atoms with Crippen LogP contribution >= 0.6 is 0 Å². The summed E-state index contributed by atoms with van der Waals surface area (Å²) in [7, 11) is 0. The minimum atomic E-state index is -0.205. The van der Waals surface area contributed by atoms with Crippen molar-refractivity contribution in [2.24, 2.45) is 0 Å². The van der Waals surface area contributed by atoms with Gasteiger partial charge in [-0.05, 0) is 68.8 Å². The molecule has 6 heteroatoms. The predicted octanol–water partition coefficient (Wildman–Crippen LogP) is 4.65. The molecule has 4 aromatic rings. The first-order chi connectivity index (χ1) is 15.4. The van der Waals surface area contributed by atoms with Crippen molar-refractivity contribution in [2.75, 3.05) is 5.32 Å². The molecule has 0 aliphatic heterocycles. The lowest BCUT2D eigenvalue weighted by atomic mass is 10.1. The highest BCUT2D eigenvalue weighted by Crippen LogP contribution is 2.23. The van der Waals surface area contributed by atoms with Crippen LogP contribution in [0.4, 0.5) is 5.69 Å². The number of nitrogens with zero attached hydrogens (tertiary/aromatic N) is 2. The van der Waals surface area contributed by atoms with Crippen molar-refractivity contribution in [3.8, 4) is 5.69 Å². The molecule has 0 radical (unpaired) electrons. The maximum atomic E-state index is 12.8. The van der Waals surface area contributed by atoms with Crippen LogP contribution in [0.2, 0.25) is 0 Å². The highest BCUT2D eigenvalue weighted by molar-refractivity contribution is 6.06. The average Bonchev–Trinajstić information content (AvgIpc) is 3.10. The van der Waals surface area contributed by atoms with Crippen molar-refractivity contribution < 1.29 is 9.59 Å². The quantitative estimate of drug-likeness (QED) is 0.471. The maximum absolute atomic E-state index is 12.8. The average molecular weight is 427 g/mol. The third-order valence-corrected chi connectivity index (χ3v) is 5.12. The number of anilines is 1. The molecule has 0 aliphatic rings. The lowest BCUT2D eigenvalue weighted by Crippen LogP contribution is -2.31. The zero-order chi connectivity index (χ0) is 22.7. The number of aryl methyl sites for hydroxylation is 1. The molecule has 0 unspecified atom stereocenters. The van der Waals surface area contributed by atoms with Gasteiger partial charge in [-0.15, -0.1) is 0 Å². The van der Waals surface area contributed by atoms with E-state index in [1.54, 1.807) is 0 Å². The zero-order valence-corrected chi connectivity index (χ0v) is 18.4. The van der Waals surface area contributed by atoms with Gasteiger partial charge < -0.3 is 10.6 Å². The van der Waals surface area contributed by atoms with E-state index in [9.17, 15) is 9.59 Å². The Balaban J connectivity index is 1.49. The summed E-state index contributed by atoms with van der Waals surface area (Å²) in [4.78, 5) is 29.3. The van der Waals surface area contributed by atoms with Crippen LogP contribution in [0, 0.1) is 6.92 Å². The maximum Gasteiger partial charge on any atom is 0.255 e. The Morgan fingerprint density at radius 3 is 2.38 bits per heavy atom. The molecule has 1 aromatic heterocycles. The molecule has 0 spiro atoms. The molecule has 2 amide bonds. The highest BCUT2D eigenvalue weighted by Gasteiger charge is 2.13. The number of para-hydroxylation sites is 1. The minimum Gasteiger partial charge on any atom is -0.354 e. The first-order valence-corrected chi connectivity index (χ1v) is 10.6. The van der Waals surface area contributed by atoms with Crippen LogP contribution in [0.25, 0.3) is 16.7 Å². The van der Waals surface area contributed by atoms with Crippen LogP contribution < -0.4 is 10.6 Å². The number of rotatable bonds is 6. The van der Waals surface area contributed by atoms with Gasteiger partial charge in [-0.25, -0.2) is 4.98 Å². The molecule has 0 fully saturated rings. The molecule has 32 heavy (non-hydrogen) atoms. The molecule has 162 valence electrons. The molecule has 0 saturated carbocycles. The first-order valence-electron chi connectivity index (χ1n) is 10.6. The topological polar surface area (TPSA) is 76.0 Å². The third kappa shape index (κ3) is 4.70. The van der Waals surface area contributed by atoms with Crippen molar-refractivity contribution in [1.82, 2.24) is 14.9 Å². The van der Waals surface area contributed by atoms with Crippen LogP contribution in [-0.4, -0.2) is 27.4 Å². The number of carbonyl (C=O) groups excluding carboxylic acids is 2. The number of amides is 2. The van der Waals surface area contributed by atoms with Crippen LogP contribution in [0.15, 0.2) is 72.8 Å². The summed E-state index contributed by atoms with van der Waals surface area (Å²) in [6.45, 7) is 5.82. The second-order valence-corrected chi connectivity index (χ2v) is 8.08. The standard InChI is InChI=1S/C26H26N4O2/c1-17(2)27-25(31)15-19-9-12-21(13-10-19)29-26(32)20-11-14-24-23(16-20)28-18(3)30(24)22-7-5-4-6-8-22/h4-14,16-17H,15H2,1-3H3,(H,27,31)(H,29,32). The van der Waals surface area contributed by atoms with Gasteiger partial charge in [0, 0.05) is 23.0 Å². The van der Waals surface area contributed by atoms with Gasteiger partial charge in [-0.1, -0.05) is 30.3 Å². The van der Waals surface area contributed by atoms with Gasteiger partial charge in [0.1, 0.15) is 5.82 Å². The number of benzene rings is 3. The van der Waals surface area contributed by atoms with Crippen molar-refractivity contribution in [1.29, 1.82) is 0 Å². The summed E-state index contributed by atoms with van der Waals surface area (Å²) >= 11 is 0. The molecule has 6 nitrogen and oxygen atoms in total. The van der Waals surface area contributed by atoms with Gasteiger partial charge in [-0.3, -0.25) is 14.2 Å². The van der Waals surface area contributed by atoms with Crippen molar-refractivity contribution in [3.05, 3.63) is 89.7 Å². The molecular weight excluding hydrogens is 400 g/mol. The van der Waals surface area contributed by atoms with E-state index in [1.807, 2.05) is 93.6 Å². The lowest BCUT2D eigenvalue weighted by Gasteiger charge is -2.09. The minimum absolute atomic E-state index is 0.0182. The Morgan fingerprint density at radius 2 is 1.69 bits per heavy atom. The number of carbonyl (C=O) groups is 2. The van der Waals surface area contributed by atoms with E-state index in [0.717, 1.165) is 28.1 Å². The van der Waals surface area contributed by atoms with Gasteiger partial charge in [0.25, 0.3) is 5.91 Å². The fourth-order valence-corrected chi connectivity index (χ4v) is 3.71. The van der Waals surface area contributed by atoms with Crippen LogP contribution in [-0.2, 0) is 11.2 Å². The Labute approximate surface area is 187 Å². The van der Waals surface area contributed by atoms with Crippen molar-refractivity contribution in [2.45, 2.75) is 33.2 Å². The van der Waals surface area contributed by atoms with E-state index in [4.69, 9.17) is 0 Å². The van der Waals surface area contributed by atoms with Crippen molar-refractivity contribution in [3.63, 3.8) is 0 Å². The van der Waals surface area contributed by atoms with Gasteiger partial charge >= 0.3 is 0 Å². The van der Waals surface area contributed by atoms with Gasteiger partial charge in [-0.2, -0.15) is 0 Å². The molecule has 3 aromatic carbocycles. The normalized spacial score (nSPS) is 11.0. The number of fused-ring (bicyclic) bond motifs is 1. The third-order valence-electron chi connectivity index (χ3n) is 5.12. The fourth-order valence-electron chi connectivity index (χ4n) is 3.71. The summed E-state index contributed by atoms with van der Waals surface area (Å²) in [5.41, 5.74) is 4.86. The van der Waals surface area contributed by atoms with Gasteiger partial charge in [0.2, 0.25) is 5.91 Å². The Bertz CT molecular complexity index is 1260. The van der Waals surface area contributed by atoms with E-state index in [-0.39, 0.29) is 17.9 Å². The van der Waals surface area contributed by atoms with E-state index in [2.05, 4.69) is 20.2 Å². The van der Waals surface area contributed by atoms with E-state index in [1.165, 1.54) is 0 Å². The zero-order valence-electron chi connectivity index (χ0n) is 18.4. The number of hydrogen-bond donors (Lipinski definition) is 2. The van der Waals surface area contributed by atoms with Crippen LogP contribution in [0.5, 0.6) is 0 Å². The largest absolute Gasteiger partial charge is 0.354 e. The second-order valence-electron chi connectivity index (χ2n) is 8.08.